The van der Waals surface area contributed by atoms with Gasteiger partial charge in [-0.3, -0.25) is 0 Å². The third kappa shape index (κ3) is 4.13. The van der Waals surface area contributed by atoms with Crippen molar-refractivity contribution in [3.8, 4) is 0 Å². The number of piperazine rings is 1. The highest BCUT2D eigenvalue weighted by Crippen LogP contribution is 2.32. The van der Waals surface area contributed by atoms with Crippen molar-refractivity contribution in [1.29, 1.82) is 0 Å². The molecule has 0 spiro atoms. The molecule has 0 bridgehead atoms. The average molecular weight is 382 g/mol. The van der Waals surface area contributed by atoms with Gasteiger partial charge < -0.3 is 14.5 Å². The topological polar surface area (TPSA) is 58.6 Å². The molecular formula is C18H21F3N4O2. The highest BCUT2D eigenvalue weighted by Gasteiger charge is 2.36. The number of esters is 1. The van der Waals surface area contributed by atoms with E-state index in [4.69, 9.17) is 4.74 Å². The number of hydrogen-bond donors (Lipinski definition) is 0. The lowest BCUT2D eigenvalue weighted by atomic mass is 10.1. The quantitative estimate of drug-likeness (QED) is 0.758. The number of carbonyl (C=O) groups excluding carboxylic acids is 1. The maximum absolute atomic E-state index is 13.3. The number of aromatic nitrogens is 2. The summed E-state index contributed by atoms with van der Waals surface area (Å²) >= 11 is 0. The van der Waals surface area contributed by atoms with Crippen molar-refractivity contribution in [3.63, 3.8) is 0 Å². The van der Waals surface area contributed by atoms with Crippen LogP contribution in [-0.2, 0) is 10.9 Å². The van der Waals surface area contributed by atoms with E-state index in [0.29, 0.717) is 18.5 Å². The van der Waals surface area contributed by atoms with E-state index in [1.165, 1.54) is 18.2 Å². The highest BCUT2D eigenvalue weighted by atomic mass is 19.4. The minimum Gasteiger partial charge on any atom is -0.462 e. The summed E-state index contributed by atoms with van der Waals surface area (Å²) in [6.07, 6.45) is -4.64. The molecule has 1 saturated heterocycles. The van der Waals surface area contributed by atoms with Crippen molar-refractivity contribution in [2.24, 2.45) is 0 Å². The summed E-state index contributed by atoms with van der Waals surface area (Å²) in [6.45, 7) is 7.43. The summed E-state index contributed by atoms with van der Waals surface area (Å²) in [4.78, 5) is 23.5. The third-order valence-electron chi connectivity index (χ3n) is 4.56. The number of ether oxygens (including phenoxy) is 1. The standard InChI is InChI=1S/C18H21F3N4O2/c1-3-24-7-9-25(10-8-24)15-13-11-12(16(26)27-4-2)5-6-14(13)22-17(23-15)18(19,20)21/h5-6,11H,3-4,7-10H2,1-2H3. The number of benzene rings is 1. The molecule has 2 heterocycles. The number of halogens is 3. The molecule has 146 valence electrons. The first-order valence-corrected chi connectivity index (χ1v) is 8.87. The van der Waals surface area contributed by atoms with Crippen LogP contribution in [0.15, 0.2) is 18.2 Å². The van der Waals surface area contributed by atoms with E-state index in [0.717, 1.165) is 19.6 Å². The Morgan fingerprint density at radius 1 is 1.15 bits per heavy atom. The third-order valence-corrected chi connectivity index (χ3v) is 4.56. The average Bonchev–Trinajstić information content (AvgIpc) is 2.66. The smallest absolute Gasteiger partial charge is 0.451 e. The SMILES string of the molecule is CCOC(=O)c1ccc2nc(C(F)(F)F)nc(N3CCN(CC)CC3)c2c1. The van der Waals surface area contributed by atoms with Crippen LogP contribution in [0.4, 0.5) is 19.0 Å². The Labute approximate surface area is 154 Å². The van der Waals surface area contributed by atoms with Gasteiger partial charge in [0.2, 0.25) is 5.82 Å². The molecule has 1 fully saturated rings. The molecule has 27 heavy (non-hydrogen) atoms. The molecule has 2 aromatic rings. The molecule has 0 amide bonds. The summed E-state index contributed by atoms with van der Waals surface area (Å²) in [5.41, 5.74) is 0.416. The zero-order chi connectivity index (χ0) is 19.6. The fraction of sp³-hybridized carbons (Fsp3) is 0.500. The van der Waals surface area contributed by atoms with E-state index in [1.807, 2.05) is 11.8 Å². The van der Waals surface area contributed by atoms with Crippen LogP contribution in [0, 0.1) is 0 Å². The number of carbonyl (C=O) groups is 1. The minimum absolute atomic E-state index is 0.151. The van der Waals surface area contributed by atoms with Crippen molar-refractivity contribution in [1.82, 2.24) is 14.9 Å². The summed E-state index contributed by atoms with van der Waals surface area (Å²) in [5, 5.41) is 0.415. The van der Waals surface area contributed by atoms with Gasteiger partial charge in [-0.2, -0.15) is 13.2 Å². The molecule has 1 aliphatic heterocycles. The van der Waals surface area contributed by atoms with Crippen LogP contribution >= 0.6 is 0 Å². The van der Waals surface area contributed by atoms with Gasteiger partial charge in [0.15, 0.2) is 0 Å². The summed E-state index contributed by atoms with van der Waals surface area (Å²) in [6, 6.07) is 4.34. The second kappa shape index (κ2) is 7.67. The number of rotatable bonds is 4. The van der Waals surface area contributed by atoms with E-state index in [2.05, 4.69) is 14.9 Å². The number of hydrogen-bond acceptors (Lipinski definition) is 6. The lowest BCUT2D eigenvalue weighted by Crippen LogP contribution is -2.46. The predicted octanol–water partition coefficient (Wildman–Crippen LogP) is 2.97. The van der Waals surface area contributed by atoms with Crippen LogP contribution in [0.3, 0.4) is 0 Å². The van der Waals surface area contributed by atoms with Crippen LogP contribution in [0.25, 0.3) is 10.9 Å². The van der Waals surface area contributed by atoms with E-state index in [-0.39, 0.29) is 23.5 Å². The summed E-state index contributed by atoms with van der Waals surface area (Å²) < 4.78 is 44.8. The van der Waals surface area contributed by atoms with Crippen LogP contribution in [0.1, 0.15) is 30.0 Å². The molecule has 0 N–H and O–H groups in total. The fourth-order valence-corrected chi connectivity index (χ4v) is 3.10. The first kappa shape index (κ1) is 19.3. The van der Waals surface area contributed by atoms with Crippen molar-refractivity contribution in [2.75, 3.05) is 44.2 Å². The zero-order valence-electron chi connectivity index (χ0n) is 15.2. The Balaban J connectivity index is 2.08. The molecule has 1 aliphatic rings. The summed E-state index contributed by atoms with van der Waals surface area (Å²) in [5.74, 6) is -1.50. The van der Waals surface area contributed by atoms with E-state index in [9.17, 15) is 18.0 Å². The Morgan fingerprint density at radius 3 is 2.44 bits per heavy atom. The van der Waals surface area contributed by atoms with Crippen LogP contribution in [0.2, 0.25) is 0 Å². The van der Waals surface area contributed by atoms with E-state index in [1.54, 1.807) is 6.92 Å². The van der Waals surface area contributed by atoms with Crippen molar-refractivity contribution < 1.29 is 22.7 Å². The molecule has 9 heteroatoms. The van der Waals surface area contributed by atoms with Gasteiger partial charge in [-0.15, -0.1) is 0 Å². The molecule has 3 rings (SSSR count). The number of anilines is 1. The molecule has 6 nitrogen and oxygen atoms in total. The molecule has 0 radical (unpaired) electrons. The molecule has 1 aromatic carbocycles. The Bertz CT molecular complexity index is 833. The van der Waals surface area contributed by atoms with Crippen LogP contribution in [0.5, 0.6) is 0 Å². The first-order valence-electron chi connectivity index (χ1n) is 8.87. The normalized spacial score (nSPS) is 16.0. The van der Waals surface area contributed by atoms with Gasteiger partial charge in [-0.1, -0.05) is 6.92 Å². The first-order chi connectivity index (χ1) is 12.8. The molecule has 1 aromatic heterocycles. The van der Waals surface area contributed by atoms with Gasteiger partial charge in [0.05, 0.1) is 17.7 Å². The van der Waals surface area contributed by atoms with E-state index >= 15 is 0 Å². The van der Waals surface area contributed by atoms with Gasteiger partial charge in [0, 0.05) is 31.6 Å². The maximum atomic E-state index is 13.3. The van der Waals surface area contributed by atoms with Crippen molar-refractivity contribution in [2.45, 2.75) is 20.0 Å². The Hall–Kier alpha value is -2.42. The number of likely N-dealkylation sites (N-methyl/N-ethyl adjacent to an activating group) is 1. The van der Waals surface area contributed by atoms with Gasteiger partial charge >= 0.3 is 12.1 Å². The molecule has 0 saturated carbocycles. The maximum Gasteiger partial charge on any atom is 0.451 e. The number of fused-ring (bicyclic) bond motifs is 1. The Morgan fingerprint density at radius 2 is 1.85 bits per heavy atom. The van der Waals surface area contributed by atoms with Gasteiger partial charge in [0.1, 0.15) is 5.82 Å². The monoisotopic (exact) mass is 382 g/mol. The van der Waals surface area contributed by atoms with Crippen LogP contribution < -0.4 is 4.90 Å². The van der Waals surface area contributed by atoms with Gasteiger partial charge in [0.25, 0.3) is 0 Å². The van der Waals surface area contributed by atoms with Gasteiger partial charge in [-0.05, 0) is 31.7 Å². The lowest BCUT2D eigenvalue weighted by Gasteiger charge is -2.35. The predicted molar refractivity (Wildman–Crippen MR) is 94.8 cm³/mol. The largest absolute Gasteiger partial charge is 0.462 e. The second-order valence-electron chi connectivity index (χ2n) is 6.24. The zero-order valence-corrected chi connectivity index (χ0v) is 15.2. The molecule has 0 aliphatic carbocycles. The van der Waals surface area contributed by atoms with Gasteiger partial charge in [-0.25, -0.2) is 14.8 Å². The fourth-order valence-electron chi connectivity index (χ4n) is 3.10. The Kier molecular flexibility index (Phi) is 5.50. The minimum atomic E-state index is -4.64. The number of nitrogens with zero attached hydrogens (tertiary/aromatic N) is 4. The highest BCUT2D eigenvalue weighted by molar-refractivity contribution is 5.98. The van der Waals surface area contributed by atoms with Crippen molar-refractivity contribution >= 4 is 22.7 Å². The number of alkyl halides is 3. The second-order valence-corrected chi connectivity index (χ2v) is 6.24. The lowest BCUT2D eigenvalue weighted by molar-refractivity contribution is -0.144. The van der Waals surface area contributed by atoms with Crippen LogP contribution in [-0.4, -0.2) is 60.2 Å². The van der Waals surface area contributed by atoms with Crippen molar-refractivity contribution in [3.05, 3.63) is 29.6 Å². The molecule has 0 atom stereocenters. The molecule has 0 unspecified atom stereocenters. The van der Waals surface area contributed by atoms with E-state index < -0.39 is 18.0 Å². The summed E-state index contributed by atoms with van der Waals surface area (Å²) in [7, 11) is 0. The molecular weight excluding hydrogens is 361 g/mol.